The van der Waals surface area contributed by atoms with E-state index in [0.717, 1.165) is 49.8 Å². The smallest absolute Gasteiger partial charge is 0.352 e. The summed E-state index contributed by atoms with van der Waals surface area (Å²) in [7, 11) is -4.53. The summed E-state index contributed by atoms with van der Waals surface area (Å²) in [4.78, 5) is 29.8. The van der Waals surface area contributed by atoms with Crippen LogP contribution in [0, 0.1) is 0 Å². The lowest BCUT2D eigenvalue weighted by atomic mass is 9.94. The maximum atomic E-state index is 14.5. The Bertz CT molecular complexity index is 1770. The van der Waals surface area contributed by atoms with E-state index in [4.69, 9.17) is 0 Å². The summed E-state index contributed by atoms with van der Waals surface area (Å²) in [6, 6.07) is 28.2. The highest BCUT2D eigenvalue weighted by Crippen LogP contribution is 2.33. The largest absolute Gasteiger partial charge is 0.416 e. The molecular weight excluding hydrogens is 639 g/mol. The van der Waals surface area contributed by atoms with Gasteiger partial charge in [-0.2, -0.15) is 13.2 Å². The van der Waals surface area contributed by atoms with E-state index >= 15 is 0 Å². The van der Waals surface area contributed by atoms with Gasteiger partial charge in [-0.1, -0.05) is 104 Å². The van der Waals surface area contributed by atoms with Crippen LogP contribution in [0.1, 0.15) is 48.8 Å². The fourth-order valence-electron chi connectivity index (χ4n) is 5.96. The van der Waals surface area contributed by atoms with Crippen molar-refractivity contribution in [1.29, 1.82) is 0 Å². The van der Waals surface area contributed by atoms with Gasteiger partial charge in [-0.15, -0.1) is 0 Å². The number of carbonyl (C=O) groups excluding carboxylic acids is 2. The normalized spacial score (nSPS) is 14.6. The van der Waals surface area contributed by atoms with E-state index in [2.05, 4.69) is 5.32 Å². The van der Waals surface area contributed by atoms with Crippen molar-refractivity contribution in [2.75, 3.05) is 10.8 Å². The second-order valence-corrected chi connectivity index (χ2v) is 13.8. The first-order valence-corrected chi connectivity index (χ1v) is 17.4. The summed E-state index contributed by atoms with van der Waals surface area (Å²) in [5, 5.41) is 3.14. The molecule has 0 unspecified atom stereocenters. The van der Waals surface area contributed by atoms with Gasteiger partial charge < -0.3 is 10.2 Å². The van der Waals surface area contributed by atoms with Crippen LogP contribution in [-0.2, 0) is 38.8 Å². The van der Waals surface area contributed by atoms with Crippen molar-refractivity contribution in [3.05, 3.63) is 132 Å². The molecule has 11 heteroatoms. The van der Waals surface area contributed by atoms with Gasteiger partial charge in [0.25, 0.3) is 10.0 Å². The first-order chi connectivity index (χ1) is 23.0. The van der Waals surface area contributed by atoms with Gasteiger partial charge in [-0.3, -0.25) is 13.9 Å². The molecule has 4 aromatic rings. The molecular formula is C37H38F3N3O4S. The number of carbonyl (C=O) groups is 2. The number of alkyl halides is 3. The van der Waals surface area contributed by atoms with Crippen LogP contribution in [-0.4, -0.2) is 43.8 Å². The van der Waals surface area contributed by atoms with Crippen LogP contribution >= 0.6 is 0 Å². The standard InChI is InChI=1S/C37H38F3N3O4S/c38-37(39,40)30-18-13-21-32(25-30)43(48(46,47)33-22-11-4-12-23-33)27-35(44)42(26-29-16-7-2-8-17-29)34(24-28-14-5-1-6-15-28)36(45)41-31-19-9-3-10-20-31/h1-2,4-8,11-18,21-23,25,31,34H,3,9-10,19-20,24,26-27H2,(H,41,45)/t34-/m1/s1. The lowest BCUT2D eigenvalue weighted by Gasteiger charge is -2.35. The molecule has 0 spiro atoms. The van der Waals surface area contributed by atoms with Crippen molar-refractivity contribution in [2.45, 2.75) is 68.2 Å². The number of halogens is 3. The van der Waals surface area contributed by atoms with Gasteiger partial charge in [0.15, 0.2) is 0 Å². The van der Waals surface area contributed by atoms with E-state index in [-0.39, 0.29) is 35.5 Å². The Kier molecular flexibility index (Phi) is 11.2. The fraction of sp³-hybridized carbons (Fsp3) is 0.297. The minimum Gasteiger partial charge on any atom is -0.352 e. The number of rotatable bonds is 12. The van der Waals surface area contributed by atoms with E-state index in [0.29, 0.717) is 15.9 Å². The number of anilines is 1. The zero-order valence-corrected chi connectivity index (χ0v) is 27.2. The van der Waals surface area contributed by atoms with Gasteiger partial charge in [0.2, 0.25) is 11.8 Å². The topological polar surface area (TPSA) is 86.8 Å². The number of hydrogen-bond donors (Lipinski definition) is 1. The van der Waals surface area contributed by atoms with E-state index in [1.54, 1.807) is 30.3 Å². The molecule has 2 amide bonds. The van der Waals surface area contributed by atoms with E-state index < -0.39 is 40.3 Å². The number of hydrogen-bond acceptors (Lipinski definition) is 4. The quantitative estimate of drug-likeness (QED) is 0.175. The highest BCUT2D eigenvalue weighted by molar-refractivity contribution is 7.92. The Balaban J connectivity index is 1.57. The summed E-state index contributed by atoms with van der Waals surface area (Å²) in [5.41, 5.74) is 0.105. The predicted molar refractivity (Wildman–Crippen MR) is 178 cm³/mol. The van der Waals surface area contributed by atoms with Crippen molar-refractivity contribution in [1.82, 2.24) is 10.2 Å². The molecule has 1 fully saturated rings. The predicted octanol–water partition coefficient (Wildman–Crippen LogP) is 6.99. The van der Waals surface area contributed by atoms with E-state index in [9.17, 15) is 31.2 Å². The number of sulfonamides is 1. The highest BCUT2D eigenvalue weighted by atomic mass is 32.2. The summed E-state index contributed by atoms with van der Waals surface area (Å²) in [6.07, 6.45) is 0.0604. The summed E-state index contributed by atoms with van der Waals surface area (Å²) < 4.78 is 70.2. The highest BCUT2D eigenvalue weighted by Gasteiger charge is 2.37. The molecule has 252 valence electrons. The molecule has 0 heterocycles. The minimum atomic E-state index is -4.75. The molecule has 1 N–H and O–H groups in total. The molecule has 1 aliphatic rings. The van der Waals surface area contributed by atoms with Crippen molar-refractivity contribution < 1.29 is 31.2 Å². The molecule has 1 saturated carbocycles. The summed E-state index contributed by atoms with van der Waals surface area (Å²) in [5.74, 6) is -1.11. The van der Waals surface area contributed by atoms with Gasteiger partial charge >= 0.3 is 6.18 Å². The lowest BCUT2D eigenvalue weighted by Crippen LogP contribution is -2.55. The molecule has 0 aliphatic heterocycles. The monoisotopic (exact) mass is 677 g/mol. The van der Waals surface area contributed by atoms with Crippen molar-refractivity contribution >= 4 is 27.5 Å². The Morgan fingerprint density at radius 3 is 1.96 bits per heavy atom. The van der Waals surface area contributed by atoms with Gasteiger partial charge in [-0.05, 0) is 54.3 Å². The van der Waals surface area contributed by atoms with Crippen LogP contribution in [0.15, 0.2) is 120 Å². The van der Waals surface area contributed by atoms with Gasteiger partial charge in [0.1, 0.15) is 12.6 Å². The van der Waals surface area contributed by atoms with Gasteiger partial charge in [0.05, 0.1) is 16.1 Å². The van der Waals surface area contributed by atoms with E-state index in [1.807, 2.05) is 36.4 Å². The van der Waals surface area contributed by atoms with Crippen LogP contribution in [0.25, 0.3) is 0 Å². The molecule has 7 nitrogen and oxygen atoms in total. The molecule has 4 aromatic carbocycles. The van der Waals surface area contributed by atoms with Crippen LogP contribution in [0.3, 0.4) is 0 Å². The maximum absolute atomic E-state index is 14.5. The summed E-state index contributed by atoms with van der Waals surface area (Å²) >= 11 is 0. The third kappa shape index (κ3) is 8.83. The van der Waals surface area contributed by atoms with Crippen LogP contribution in [0.5, 0.6) is 0 Å². The first kappa shape index (κ1) is 34.7. The molecule has 0 aromatic heterocycles. The summed E-state index contributed by atoms with van der Waals surface area (Å²) in [6.45, 7) is -0.871. The number of benzene rings is 4. The molecule has 48 heavy (non-hydrogen) atoms. The van der Waals surface area contributed by atoms with Crippen molar-refractivity contribution in [3.63, 3.8) is 0 Å². The van der Waals surface area contributed by atoms with Crippen molar-refractivity contribution in [2.24, 2.45) is 0 Å². The van der Waals surface area contributed by atoms with Crippen LogP contribution < -0.4 is 9.62 Å². The Labute approximate surface area is 279 Å². The maximum Gasteiger partial charge on any atom is 0.416 e. The lowest BCUT2D eigenvalue weighted by molar-refractivity contribution is -0.140. The molecule has 1 aliphatic carbocycles. The van der Waals surface area contributed by atoms with E-state index in [1.165, 1.54) is 35.2 Å². The van der Waals surface area contributed by atoms with Gasteiger partial charge in [0, 0.05) is 19.0 Å². The molecule has 1 atom stereocenters. The third-order valence-corrected chi connectivity index (χ3v) is 10.3. The Hall–Kier alpha value is -4.64. The second-order valence-electron chi connectivity index (χ2n) is 11.9. The zero-order valence-electron chi connectivity index (χ0n) is 26.4. The number of amides is 2. The SMILES string of the molecule is O=C(NC1CCCCC1)[C@@H](Cc1ccccc1)N(Cc1ccccc1)C(=O)CN(c1cccc(C(F)(F)F)c1)S(=O)(=O)c1ccccc1. The minimum absolute atomic E-state index is 0.0307. The Morgan fingerprint density at radius 1 is 0.771 bits per heavy atom. The van der Waals surface area contributed by atoms with Crippen LogP contribution in [0.4, 0.5) is 18.9 Å². The second kappa shape index (κ2) is 15.5. The van der Waals surface area contributed by atoms with Gasteiger partial charge in [-0.25, -0.2) is 8.42 Å². The fourth-order valence-corrected chi connectivity index (χ4v) is 7.39. The van der Waals surface area contributed by atoms with Crippen LogP contribution in [0.2, 0.25) is 0 Å². The molecule has 0 saturated heterocycles. The molecule has 0 radical (unpaired) electrons. The Morgan fingerprint density at radius 2 is 1.35 bits per heavy atom. The third-order valence-electron chi connectivity index (χ3n) is 8.49. The average molecular weight is 678 g/mol. The van der Waals surface area contributed by atoms with Crippen molar-refractivity contribution in [3.8, 4) is 0 Å². The molecule has 5 rings (SSSR count). The zero-order chi connectivity index (χ0) is 34.1. The first-order valence-electron chi connectivity index (χ1n) is 15.9. The number of nitrogens with one attached hydrogen (secondary N) is 1. The molecule has 0 bridgehead atoms. The average Bonchev–Trinajstić information content (AvgIpc) is 3.10. The number of nitrogens with zero attached hydrogens (tertiary/aromatic N) is 2.